The Morgan fingerprint density at radius 2 is 2.05 bits per heavy atom. The van der Waals surface area contributed by atoms with Crippen molar-refractivity contribution in [2.45, 2.75) is 23.1 Å². The molecule has 2 heterocycles. The normalized spacial score (nSPS) is 12.5. The molecule has 3 rings (SSSR count). The Kier molecular flexibility index (Phi) is 3.81. The molecule has 1 N–H and O–H groups in total. The first-order valence-corrected chi connectivity index (χ1v) is 7.35. The van der Waals surface area contributed by atoms with E-state index in [1.165, 1.54) is 11.8 Å². The Bertz CT molecular complexity index is 770. The molecule has 0 aliphatic carbocycles. The number of hydrogen-bond acceptors (Lipinski definition) is 5. The third-order valence-electron chi connectivity index (χ3n) is 3.15. The fraction of sp³-hybridized carbons (Fsp3) is 0.200. The number of aromatic nitrogens is 3. The average Bonchev–Trinajstić information content (AvgIpc) is 2.90. The molecular weight excluding hydrogens is 286 g/mol. The van der Waals surface area contributed by atoms with Crippen molar-refractivity contribution in [1.29, 1.82) is 0 Å². The fourth-order valence-electron chi connectivity index (χ4n) is 2.19. The lowest BCUT2D eigenvalue weighted by atomic mass is 10.1. The molecule has 2 aromatic heterocycles. The zero-order valence-electron chi connectivity index (χ0n) is 11.7. The van der Waals surface area contributed by atoms with Gasteiger partial charge in [-0.3, -0.25) is 4.40 Å². The summed E-state index contributed by atoms with van der Waals surface area (Å²) in [5.41, 5.74) is 1.55. The number of aliphatic hydroxyl groups excluding tert-OH is 1. The third-order valence-corrected chi connectivity index (χ3v) is 4.18. The smallest absolute Gasteiger partial charge is 0.200 e. The van der Waals surface area contributed by atoms with Crippen molar-refractivity contribution in [3.05, 3.63) is 48.2 Å². The van der Waals surface area contributed by atoms with Crippen molar-refractivity contribution >= 4 is 17.4 Å². The van der Waals surface area contributed by atoms with Crippen LogP contribution in [0.25, 0.3) is 5.65 Å². The van der Waals surface area contributed by atoms with E-state index in [9.17, 15) is 5.11 Å². The minimum Gasteiger partial charge on any atom is -0.496 e. The van der Waals surface area contributed by atoms with Crippen LogP contribution in [0, 0.1) is 0 Å². The first kappa shape index (κ1) is 13.9. The second kappa shape index (κ2) is 5.75. The van der Waals surface area contributed by atoms with E-state index in [0.717, 1.165) is 21.3 Å². The van der Waals surface area contributed by atoms with Crippen LogP contribution in [-0.2, 0) is 0 Å². The van der Waals surface area contributed by atoms with E-state index < -0.39 is 6.10 Å². The summed E-state index contributed by atoms with van der Waals surface area (Å²) in [6.07, 6.45) is 1.29. The van der Waals surface area contributed by atoms with Crippen molar-refractivity contribution in [1.82, 2.24) is 14.6 Å². The highest BCUT2D eigenvalue weighted by molar-refractivity contribution is 7.99. The molecule has 0 radical (unpaired) electrons. The summed E-state index contributed by atoms with van der Waals surface area (Å²) in [6.45, 7) is 1.73. The summed E-state index contributed by atoms with van der Waals surface area (Å²) in [5, 5.41) is 19.1. The van der Waals surface area contributed by atoms with E-state index in [2.05, 4.69) is 10.2 Å². The van der Waals surface area contributed by atoms with Gasteiger partial charge >= 0.3 is 0 Å². The zero-order valence-corrected chi connectivity index (χ0v) is 12.5. The van der Waals surface area contributed by atoms with Crippen LogP contribution >= 0.6 is 11.8 Å². The topological polar surface area (TPSA) is 59.7 Å². The van der Waals surface area contributed by atoms with E-state index in [1.807, 2.05) is 47.0 Å². The highest BCUT2D eigenvalue weighted by atomic mass is 32.2. The van der Waals surface area contributed by atoms with Crippen LogP contribution in [0.3, 0.4) is 0 Å². The fourth-order valence-corrected chi connectivity index (χ4v) is 3.25. The Morgan fingerprint density at radius 1 is 1.19 bits per heavy atom. The molecule has 6 heteroatoms. The van der Waals surface area contributed by atoms with E-state index in [0.29, 0.717) is 5.75 Å². The molecule has 0 spiro atoms. The molecule has 0 aliphatic heterocycles. The maximum absolute atomic E-state index is 10.0. The third kappa shape index (κ3) is 2.59. The number of pyridine rings is 1. The molecule has 0 saturated carbocycles. The van der Waals surface area contributed by atoms with Crippen LogP contribution in [0.4, 0.5) is 0 Å². The second-order valence-electron chi connectivity index (χ2n) is 4.56. The van der Waals surface area contributed by atoms with Gasteiger partial charge in [0.15, 0.2) is 10.8 Å². The van der Waals surface area contributed by atoms with Gasteiger partial charge in [-0.05, 0) is 43.0 Å². The standard InChI is InChI=1S/C15H15N3O2S/c1-10(19)14-11(20-2)6-5-7-12(14)21-15-17-16-13-8-3-4-9-18(13)15/h3-10,19H,1-2H3/t10-/m1/s1. The highest BCUT2D eigenvalue weighted by Gasteiger charge is 2.17. The quantitative estimate of drug-likeness (QED) is 0.803. The van der Waals surface area contributed by atoms with E-state index in [1.54, 1.807) is 14.0 Å². The largest absolute Gasteiger partial charge is 0.496 e. The van der Waals surface area contributed by atoms with Crippen molar-refractivity contribution in [3.8, 4) is 5.75 Å². The average molecular weight is 301 g/mol. The Hall–Kier alpha value is -2.05. The maximum Gasteiger partial charge on any atom is 0.200 e. The lowest BCUT2D eigenvalue weighted by Gasteiger charge is -2.15. The number of fused-ring (bicyclic) bond motifs is 1. The first-order valence-electron chi connectivity index (χ1n) is 6.53. The Balaban J connectivity index is 2.05. The second-order valence-corrected chi connectivity index (χ2v) is 5.57. The lowest BCUT2D eigenvalue weighted by Crippen LogP contribution is -1.99. The number of benzene rings is 1. The molecule has 0 fully saturated rings. The predicted molar refractivity (Wildman–Crippen MR) is 80.7 cm³/mol. The van der Waals surface area contributed by atoms with Gasteiger partial charge in [0.05, 0.1) is 13.2 Å². The van der Waals surface area contributed by atoms with Gasteiger partial charge < -0.3 is 9.84 Å². The van der Waals surface area contributed by atoms with Gasteiger partial charge in [0.2, 0.25) is 0 Å². The van der Waals surface area contributed by atoms with Crippen LogP contribution in [0.1, 0.15) is 18.6 Å². The maximum atomic E-state index is 10.0. The van der Waals surface area contributed by atoms with Crippen molar-refractivity contribution in [3.63, 3.8) is 0 Å². The van der Waals surface area contributed by atoms with E-state index in [4.69, 9.17) is 4.74 Å². The van der Waals surface area contributed by atoms with Crippen LogP contribution in [0.15, 0.2) is 52.6 Å². The Labute approximate surface area is 126 Å². The van der Waals surface area contributed by atoms with Crippen molar-refractivity contribution < 1.29 is 9.84 Å². The van der Waals surface area contributed by atoms with E-state index >= 15 is 0 Å². The summed E-state index contributed by atoms with van der Waals surface area (Å²) in [5.74, 6) is 0.670. The minimum atomic E-state index is -0.622. The summed E-state index contributed by atoms with van der Waals surface area (Å²) in [4.78, 5) is 0.905. The molecule has 1 atom stereocenters. The molecule has 0 bridgehead atoms. The molecule has 21 heavy (non-hydrogen) atoms. The molecule has 5 nitrogen and oxygen atoms in total. The number of ether oxygens (including phenoxy) is 1. The molecular formula is C15H15N3O2S. The molecule has 108 valence electrons. The summed E-state index contributed by atoms with van der Waals surface area (Å²) in [6, 6.07) is 11.4. The molecule has 0 unspecified atom stereocenters. The predicted octanol–water partition coefficient (Wildman–Crippen LogP) is 2.94. The summed E-state index contributed by atoms with van der Waals surface area (Å²) < 4.78 is 7.25. The minimum absolute atomic E-state index is 0.622. The number of aliphatic hydroxyl groups is 1. The lowest BCUT2D eigenvalue weighted by molar-refractivity contribution is 0.191. The van der Waals surface area contributed by atoms with E-state index in [-0.39, 0.29) is 0 Å². The van der Waals surface area contributed by atoms with Crippen molar-refractivity contribution in [2.75, 3.05) is 7.11 Å². The number of hydrogen-bond donors (Lipinski definition) is 1. The number of methoxy groups -OCH3 is 1. The summed E-state index contributed by atoms with van der Waals surface area (Å²) in [7, 11) is 1.60. The molecule has 3 aromatic rings. The van der Waals surface area contributed by atoms with Crippen LogP contribution < -0.4 is 4.74 Å². The zero-order chi connectivity index (χ0) is 14.8. The molecule has 1 aromatic carbocycles. The van der Waals surface area contributed by atoms with Gasteiger partial charge in [-0.25, -0.2) is 0 Å². The SMILES string of the molecule is COc1cccc(Sc2nnc3ccccn23)c1[C@@H](C)O. The number of nitrogens with zero attached hydrogens (tertiary/aromatic N) is 3. The molecule has 0 aliphatic rings. The van der Waals surface area contributed by atoms with Gasteiger partial charge in [0.1, 0.15) is 5.75 Å². The molecule has 0 saturated heterocycles. The van der Waals surface area contributed by atoms with Gasteiger partial charge in [0, 0.05) is 16.7 Å². The van der Waals surface area contributed by atoms with Gasteiger partial charge in [0.25, 0.3) is 0 Å². The Morgan fingerprint density at radius 3 is 2.81 bits per heavy atom. The van der Waals surface area contributed by atoms with Crippen molar-refractivity contribution in [2.24, 2.45) is 0 Å². The molecule has 0 amide bonds. The van der Waals surface area contributed by atoms with Gasteiger partial charge in [-0.2, -0.15) is 0 Å². The van der Waals surface area contributed by atoms with Crippen LogP contribution in [0.5, 0.6) is 5.75 Å². The first-order chi connectivity index (χ1) is 10.2. The summed E-state index contributed by atoms with van der Waals surface area (Å²) >= 11 is 1.46. The van der Waals surface area contributed by atoms with Crippen LogP contribution in [0.2, 0.25) is 0 Å². The number of rotatable bonds is 4. The van der Waals surface area contributed by atoms with Gasteiger partial charge in [-0.15, -0.1) is 10.2 Å². The monoisotopic (exact) mass is 301 g/mol. The van der Waals surface area contributed by atoms with Crippen LogP contribution in [-0.4, -0.2) is 26.8 Å². The van der Waals surface area contributed by atoms with Gasteiger partial charge in [-0.1, -0.05) is 12.1 Å². The highest BCUT2D eigenvalue weighted by Crippen LogP contribution is 2.37.